The Morgan fingerprint density at radius 2 is 0.962 bits per heavy atom. The third-order valence-electron chi connectivity index (χ3n) is 9.39. The third kappa shape index (κ3) is 12.1. The van der Waals surface area contributed by atoms with Gasteiger partial charge in [-0.3, -0.25) is 0 Å². The largest absolute Gasteiger partial charge is 0.493 e. The molecule has 0 bridgehead atoms. The van der Waals surface area contributed by atoms with Gasteiger partial charge in [-0.1, -0.05) is 133 Å². The van der Waals surface area contributed by atoms with Crippen molar-refractivity contribution in [2.75, 3.05) is 13.2 Å². The van der Waals surface area contributed by atoms with Crippen LogP contribution in [0.25, 0.3) is 41.1 Å². The molecule has 2 aromatic carbocycles. The van der Waals surface area contributed by atoms with Gasteiger partial charge >= 0.3 is 0 Å². The fourth-order valence-electron chi connectivity index (χ4n) is 6.26. The first kappa shape index (κ1) is 39.9. The lowest BCUT2D eigenvalue weighted by Crippen LogP contribution is -2.02. The highest BCUT2D eigenvalue weighted by molar-refractivity contribution is 7.25. The molecule has 276 valence electrons. The number of hydrogen-bond donors (Lipinski definition) is 0. The summed E-state index contributed by atoms with van der Waals surface area (Å²) in [4.78, 5) is 7.38. The van der Waals surface area contributed by atoms with Crippen molar-refractivity contribution in [2.24, 2.45) is 0 Å². The predicted molar refractivity (Wildman–Crippen MR) is 231 cm³/mol. The van der Waals surface area contributed by atoms with Gasteiger partial charge in [0.1, 0.15) is 11.5 Å². The summed E-state index contributed by atoms with van der Waals surface area (Å²) in [6.07, 6.45) is 18.2. The smallest absolute Gasteiger partial charge is 0.128 e. The summed E-state index contributed by atoms with van der Waals surface area (Å²) in [6.45, 7) is 10.4. The van der Waals surface area contributed by atoms with E-state index in [1.54, 1.807) is 11.3 Å². The van der Waals surface area contributed by atoms with E-state index in [2.05, 4.69) is 112 Å². The lowest BCUT2D eigenvalue weighted by molar-refractivity contribution is 0.299. The van der Waals surface area contributed by atoms with Gasteiger partial charge in [-0.25, -0.2) is 0 Å². The summed E-state index contributed by atoms with van der Waals surface area (Å²) < 4.78 is 13.3. The molecule has 0 amide bonds. The lowest BCUT2D eigenvalue weighted by atomic mass is 10.1. The molecule has 0 radical (unpaired) electrons. The van der Waals surface area contributed by atoms with Crippen molar-refractivity contribution < 1.29 is 9.47 Å². The zero-order chi connectivity index (χ0) is 36.4. The quantitative estimate of drug-likeness (QED) is 0.0518. The maximum absolute atomic E-state index is 6.66. The molecule has 5 aromatic rings. The first-order valence-corrected chi connectivity index (χ1v) is 22.3. The fourth-order valence-corrected chi connectivity index (χ4v) is 9.29. The van der Waals surface area contributed by atoms with Crippen molar-refractivity contribution in [1.29, 1.82) is 0 Å². The van der Waals surface area contributed by atoms with E-state index >= 15 is 0 Å². The SMILES string of the molecule is CCCCCCCCC#Cc1ccc(-c2cc(OCCCCCC)c(-c3ccc(-c4ccc(-c5ccc(C)cc5)s4)s3)cc2OCCCCCC)s1. The van der Waals surface area contributed by atoms with Crippen molar-refractivity contribution in [3.63, 3.8) is 0 Å². The Labute approximate surface area is 326 Å². The van der Waals surface area contributed by atoms with Crippen LogP contribution in [0.3, 0.4) is 0 Å². The molecule has 0 N–H and O–H groups in total. The molecule has 3 aromatic heterocycles. The van der Waals surface area contributed by atoms with Crippen LogP contribution in [0.1, 0.15) is 128 Å². The van der Waals surface area contributed by atoms with Gasteiger partial charge in [-0.2, -0.15) is 0 Å². The summed E-state index contributed by atoms with van der Waals surface area (Å²) in [5.41, 5.74) is 4.78. The van der Waals surface area contributed by atoms with Crippen LogP contribution < -0.4 is 9.47 Å². The molecular weight excluding hydrogens is 693 g/mol. The van der Waals surface area contributed by atoms with E-state index in [9.17, 15) is 0 Å². The zero-order valence-corrected chi connectivity index (χ0v) is 34.4. The second kappa shape index (κ2) is 22.0. The molecule has 0 spiro atoms. The molecule has 0 aliphatic rings. The second-order valence-corrected chi connectivity index (χ2v) is 17.1. The summed E-state index contributed by atoms with van der Waals surface area (Å²) >= 11 is 5.46. The molecule has 2 nitrogen and oxygen atoms in total. The van der Waals surface area contributed by atoms with Crippen LogP contribution >= 0.6 is 34.0 Å². The van der Waals surface area contributed by atoms with Gasteiger partial charge in [-0.15, -0.1) is 34.0 Å². The van der Waals surface area contributed by atoms with E-state index < -0.39 is 0 Å². The molecule has 5 heteroatoms. The van der Waals surface area contributed by atoms with Crippen LogP contribution in [0, 0.1) is 18.8 Å². The monoisotopic (exact) mass is 750 g/mol. The van der Waals surface area contributed by atoms with Gasteiger partial charge in [-0.05, 0) is 80.3 Å². The molecule has 3 heterocycles. The minimum atomic E-state index is 0.715. The summed E-state index contributed by atoms with van der Waals surface area (Å²) in [6, 6.07) is 26.8. The Kier molecular flexibility index (Phi) is 16.9. The summed E-state index contributed by atoms with van der Waals surface area (Å²) in [7, 11) is 0. The Morgan fingerprint density at radius 3 is 1.58 bits per heavy atom. The van der Waals surface area contributed by atoms with E-state index in [0.717, 1.165) is 46.8 Å². The van der Waals surface area contributed by atoms with Gasteiger partial charge in [0.15, 0.2) is 0 Å². The number of rotatable bonds is 22. The van der Waals surface area contributed by atoms with Crippen LogP contribution in [0.5, 0.6) is 11.5 Å². The standard InChI is InChI=1S/C47H58O2S3/c1-5-8-11-14-15-16-17-18-21-38-26-27-44(50-38)39-34-42(49-33-20-13-10-7-3)40(35-41(39)48-32-19-12-9-6-2)45-29-31-47(52-45)46-30-28-43(51-46)37-24-22-36(4)23-25-37/h22-31,34-35H,5-17,19-20,32-33H2,1-4H3. The van der Waals surface area contributed by atoms with Crippen LogP contribution in [0.15, 0.2) is 72.8 Å². The molecule has 0 fully saturated rings. The highest BCUT2D eigenvalue weighted by atomic mass is 32.1. The first-order chi connectivity index (χ1) is 25.6. The highest BCUT2D eigenvalue weighted by Gasteiger charge is 2.19. The van der Waals surface area contributed by atoms with Gasteiger partial charge < -0.3 is 9.47 Å². The average molecular weight is 751 g/mol. The van der Waals surface area contributed by atoms with E-state index in [4.69, 9.17) is 9.47 Å². The van der Waals surface area contributed by atoms with Crippen molar-refractivity contribution in [3.8, 4) is 64.4 Å². The molecular formula is C47H58O2S3. The fraction of sp³-hybridized carbons (Fsp3) is 0.447. The van der Waals surface area contributed by atoms with Crippen LogP contribution in [0.2, 0.25) is 0 Å². The van der Waals surface area contributed by atoms with E-state index in [1.807, 2.05) is 22.7 Å². The molecule has 0 aliphatic carbocycles. The van der Waals surface area contributed by atoms with Crippen molar-refractivity contribution >= 4 is 34.0 Å². The molecule has 0 unspecified atom stereocenters. The number of ether oxygens (including phenoxy) is 2. The number of unbranched alkanes of at least 4 members (excludes halogenated alkanes) is 12. The van der Waals surface area contributed by atoms with E-state index in [1.165, 1.54) is 113 Å². The van der Waals surface area contributed by atoms with Gasteiger partial charge in [0, 0.05) is 41.9 Å². The predicted octanol–water partition coefficient (Wildman–Crippen LogP) is 15.9. The average Bonchev–Trinajstić information content (AvgIpc) is 3.95. The Balaban J connectivity index is 1.42. The van der Waals surface area contributed by atoms with Crippen LogP contribution in [0.4, 0.5) is 0 Å². The molecule has 5 rings (SSSR count). The van der Waals surface area contributed by atoms with Gasteiger partial charge in [0.25, 0.3) is 0 Å². The molecule has 0 aliphatic heterocycles. The minimum absolute atomic E-state index is 0.715. The second-order valence-electron chi connectivity index (χ2n) is 13.8. The first-order valence-electron chi connectivity index (χ1n) is 19.9. The molecule has 0 saturated carbocycles. The van der Waals surface area contributed by atoms with Crippen molar-refractivity contribution in [2.45, 2.75) is 124 Å². The Bertz CT molecular complexity index is 1830. The summed E-state index contributed by atoms with van der Waals surface area (Å²) in [5, 5.41) is 0. The minimum Gasteiger partial charge on any atom is -0.493 e. The summed E-state index contributed by atoms with van der Waals surface area (Å²) in [5.74, 6) is 8.78. The zero-order valence-electron chi connectivity index (χ0n) is 32.0. The number of benzene rings is 2. The maximum Gasteiger partial charge on any atom is 0.128 e. The Hall–Kier alpha value is -3.30. The van der Waals surface area contributed by atoms with Gasteiger partial charge in [0.2, 0.25) is 0 Å². The van der Waals surface area contributed by atoms with E-state index in [-0.39, 0.29) is 0 Å². The van der Waals surface area contributed by atoms with Gasteiger partial charge in [0.05, 0.1) is 18.1 Å². The topological polar surface area (TPSA) is 18.5 Å². The lowest BCUT2D eigenvalue weighted by Gasteiger charge is -2.17. The van der Waals surface area contributed by atoms with Crippen LogP contribution in [-0.2, 0) is 0 Å². The van der Waals surface area contributed by atoms with Crippen molar-refractivity contribution in [1.82, 2.24) is 0 Å². The van der Waals surface area contributed by atoms with Crippen molar-refractivity contribution in [3.05, 3.63) is 83.2 Å². The normalized spacial score (nSPS) is 11.1. The number of hydrogen-bond acceptors (Lipinski definition) is 5. The highest BCUT2D eigenvalue weighted by Crippen LogP contribution is 2.47. The number of thiophene rings is 3. The Morgan fingerprint density at radius 1 is 0.481 bits per heavy atom. The van der Waals surface area contributed by atoms with E-state index in [0.29, 0.717) is 13.2 Å². The van der Waals surface area contributed by atoms with Crippen LogP contribution in [-0.4, -0.2) is 13.2 Å². The molecule has 0 saturated heterocycles. The third-order valence-corrected chi connectivity index (χ3v) is 12.9. The molecule has 0 atom stereocenters. The number of aryl methyl sites for hydroxylation is 1. The maximum atomic E-state index is 6.66. The molecule has 52 heavy (non-hydrogen) atoms.